The van der Waals surface area contributed by atoms with E-state index in [2.05, 4.69) is 36.3 Å². The van der Waals surface area contributed by atoms with Gasteiger partial charge < -0.3 is 24.8 Å². The van der Waals surface area contributed by atoms with Gasteiger partial charge in [0, 0.05) is 18.7 Å². The number of hydrogen-bond acceptors (Lipinski definition) is 4. The fourth-order valence-corrected chi connectivity index (χ4v) is 2.22. The number of aliphatic imine (C=N–C) groups is 1. The van der Waals surface area contributed by atoms with Crippen molar-refractivity contribution in [3.8, 4) is 5.75 Å². The Hall–Kier alpha value is -1.99. The van der Waals surface area contributed by atoms with Crippen molar-refractivity contribution in [1.82, 2.24) is 5.32 Å². The Morgan fingerprint density at radius 3 is 2.32 bits per heavy atom. The summed E-state index contributed by atoms with van der Waals surface area (Å²) in [5, 5.41) is 13.1. The summed E-state index contributed by atoms with van der Waals surface area (Å²) in [5.74, 6) is -0.516. The van der Waals surface area contributed by atoms with E-state index in [-0.39, 0.29) is 17.0 Å². The first-order valence-corrected chi connectivity index (χ1v) is 8.66. The third-order valence-corrected chi connectivity index (χ3v) is 3.44. The van der Waals surface area contributed by atoms with Crippen LogP contribution in [-0.2, 0) is 9.47 Å². The highest BCUT2D eigenvalue weighted by molar-refractivity contribution is 9.18. The fraction of sp³-hybridized carbons (Fsp3) is 0.467. The van der Waals surface area contributed by atoms with E-state index in [1.165, 1.54) is 12.1 Å². The first-order valence-electron chi connectivity index (χ1n) is 7.87. The lowest BCUT2D eigenvalue weighted by molar-refractivity contribution is -0.360. The summed E-state index contributed by atoms with van der Waals surface area (Å²) in [4.78, 5) is 3.86. The monoisotopic (exact) mass is 474 g/mol. The van der Waals surface area contributed by atoms with Gasteiger partial charge in [0.1, 0.15) is 5.75 Å². The van der Waals surface area contributed by atoms with Gasteiger partial charge in [-0.1, -0.05) is 0 Å². The van der Waals surface area contributed by atoms with Crippen LogP contribution in [0, 0.1) is 5.41 Å². The third-order valence-electron chi connectivity index (χ3n) is 3.27. The van der Waals surface area contributed by atoms with E-state index in [9.17, 15) is 22.0 Å². The minimum Gasteiger partial charge on any atom is -0.426 e. The Bertz CT molecular complexity index is 694. The van der Waals surface area contributed by atoms with Gasteiger partial charge in [0.15, 0.2) is 11.0 Å². The Kier molecular flexibility index (Phi) is 7.55. The third kappa shape index (κ3) is 6.87. The van der Waals surface area contributed by atoms with Gasteiger partial charge in [-0.15, -0.1) is 0 Å². The largest absolute Gasteiger partial charge is 0.499 e. The van der Waals surface area contributed by atoms with Gasteiger partial charge in [-0.2, -0.15) is 26.9 Å². The molecule has 1 aromatic rings. The molecule has 13 heteroatoms. The standard InChI is InChI=1S/C15H16BrF5N4O3/c16-12(22)25-13(23-6-5-11-26-7-8-27-11)24-9-1-3-10(4-2-9)28-15(20,21)14(17,18)19/h1-4,11H,5-8H2,(H3,22,23,24,25). The van der Waals surface area contributed by atoms with Crippen molar-refractivity contribution in [3.05, 3.63) is 24.3 Å². The molecule has 7 nitrogen and oxygen atoms in total. The predicted molar refractivity (Wildman–Crippen MR) is 94.1 cm³/mol. The summed E-state index contributed by atoms with van der Waals surface area (Å²) in [6.45, 7) is 1.41. The van der Waals surface area contributed by atoms with Crippen LogP contribution in [0.4, 0.5) is 27.6 Å². The lowest BCUT2D eigenvalue weighted by Gasteiger charge is -2.20. The highest BCUT2D eigenvalue weighted by Crippen LogP contribution is 2.37. The maximum Gasteiger partial charge on any atom is 0.499 e. The molecule has 0 saturated carbocycles. The molecule has 1 heterocycles. The van der Waals surface area contributed by atoms with Crippen LogP contribution in [0.1, 0.15) is 6.42 Å². The number of nitrogens with one attached hydrogen (secondary N) is 3. The lowest BCUT2D eigenvalue weighted by atomic mass is 10.3. The Morgan fingerprint density at radius 1 is 1.18 bits per heavy atom. The molecule has 1 fully saturated rings. The number of anilines is 1. The molecular weight excluding hydrogens is 459 g/mol. The summed E-state index contributed by atoms with van der Waals surface area (Å²) in [5.41, 5.74) is 0.316. The van der Waals surface area contributed by atoms with Gasteiger partial charge in [0.05, 0.1) is 13.2 Å². The number of guanidine groups is 1. The van der Waals surface area contributed by atoms with Crippen molar-refractivity contribution in [2.24, 2.45) is 4.99 Å². The number of halogens is 6. The molecule has 3 N–H and O–H groups in total. The molecule has 0 unspecified atom stereocenters. The van der Waals surface area contributed by atoms with Gasteiger partial charge in [-0.05, 0) is 40.2 Å². The summed E-state index contributed by atoms with van der Waals surface area (Å²) in [6.07, 6.45) is -11.0. The molecule has 0 bridgehead atoms. The highest BCUT2D eigenvalue weighted by Gasteiger charge is 2.61. The summed E-state index contributed by atoms with van der Waals surface area (Å²) >= 11 is 2.87. The summed E-state index contributed by atoms with van der Waals surface area (Å²) in [7, 11) is 0. The van der Waals surface area contributed by atoms with E-state index in [0.29, 0.717) is 31.9 Å². The SMILES string of the molecule is N=C(Br)/N=C(/NCCC1OCCO1)Nc1ccc(OC(F)(F)C(F)(F)F)cc1. The van der Waals surface area contributed by atoms with Crippen LogP contribution < -0.4 is 15.4 Å². The van der Waals surface area contributed by atoms with E-state index >= 15 is 0 Å². The van der Waals surface area contributed by atoms with Crippen LogP contribution in [-0.4, -0.2) is 49.0 Å². The molecule has 0 spiro atoms. The number of amidine groups is 1. The quantitative estimate of drug-likeness (QED) is 0.253. The predicted octanol–water partition coefficient (Wildman–Crippen LogP) is 3.67. The maximum absolute atomic E-state index is 12.9. The second-order valence-electron chi connectivity index (χ2n) is 5.40. The molecule has 1 aliphatic heterocycles. The number of alkyl halides is 5. The number of hydrogen-bond donors (Lipinski definition) is 3. The van der Waals surface area contributed by atoms with Crippen LogP contribution in [0.25, 0.3) is 0 Å². The van der Waals surface area contributed by atoms with Gasteiger partial charge in [0.25, 0.3) is 0 Å². The van der Waals surface area contributed by atoms with Gasteiger partial charge in [-0.3, -0.25) is 5.41 Å². The first-order chi connectivity index (χ1) is 13.1. The maximum atomic E-state index is 12.9. The number of benzene rings is 1. The molecule has 0 radical (unpaired) electrons. The van der Waals surface area contributed by atoms with Crippen molar-refractivity contribution in [2.45, 2.75) is 25.0 Å². The molecule has 0 atom stereocenters. The molecule has 0 amide bonds. The van der Waals surface area contributed by atoms with Gasteiger partial charge in [0.2, 0.25) is 5.96 Å². The molecule has 0 aromatic heterocycles. The Balaban J connectivity index is 1.95. The number of nitrogens with zero attached hydrogens (tertiary/aromatic N) is 1. The van der Waals surface area contributed by atoms with Crippen molar-refractivity contribution >= 4 is 32.3 Å². The van der Waals surface area contributed by atoms with E-state index in [1.807, 2.05) is 0 Å². The van der Waals surface area contributed by atoms with E-state index in [4.69, 9.17) is 14.9 Å². The molecule has 1 aromatic carbocycles. The van der Waals surface area contributed by atoms with Crippen molar-refractivity contribution < 1.29 is 36.2 Å². The number of ether oxygens (including phenoxy) is 3. The minimum absolute atomic E-state index is 0.147. The van der Waals surface area contributed by atoms with Gasteiger partial charge in [-0.25, -0.2) is 0 Å². The van der Waals surface area contributed by atoms with Crippen LogP contribution >= 0.6 is 15.9 Å². The molecule has 156 valence electrons. The van der Waals surface area contributed by atoms with Crippen LogP contribution in [0.2, 0.25) is 0 Å². The topological polar surface area (TPSA) is 88.0 Å². The molecule has 1 aliphatic rings. The zero-order valence-corrected chi connectivity index (χ0v) is 15.7. The van der Waals surface area contributed by atoms with Crippen molar-refractivity contribution in [2.75, 3.05) is 25.1 Å². The molecule has 1 saturated heterocycles. The Morgan fingerprint density at radius 2 is 1.79 bits per heavy atom. The van der Waals surface area contributed by atoms with E-state index in [0.717, 1.165) is 12.1 Å². The number of rotatable bonds is 6. The van der Waals surface area contributed by atoms with Crippen molar-refractivity contribution in [1.29, 1.82) is 5.41 Å². The van der Waals surface area contributed by atoms with E-state index in [1.54, 1.807) is 0 Å². The molecule has 0 aliphatic carbocycles. The average molecular weight is 475 g/mol. The second-order valence-corrected chi connectivity index (χ2v) is 6.15. The Labute approximate surface area is 164 Å². The highest BCUT2D eigenvalue weighted by atomic mass is 79.9. The zero-order chi connectivity index (χ0) is 20.8. The zero-order valence-electron chi connectivity index (χ0n) is 14.2. The van der Waals surface area contributed by atoms with E-state index < -0.39 is 18.0 Å². The average Bonchev–Trinajstić information content (AvgIpc) is 3.08. The second kappa shape index (κ2) is 9.47. The lowest BCUT2D eigenvalue weighted by Crippen LogP contribution is -2.41. The van der Waals surface area contributed by atoms with Crippen LogP contribution in [0.15, 0.2) is 29.3 Å². The first kappa shape index (κ1) is 22.3. The van der Waals surface area contributed by atoms with Gasteiger partial charge >= 0.3 is 12.3 Å². The summed E-state index contributed by atoms with van der Waals surface area (Å²) < 4.78 is 76.4. The fourth-order valence-electron chi connectivity index (χ4n) is 2.04. The van der Waals surface area contributed by atoms with Crippen LogP contribution in [0.3, 0.4) is 0 Å². The van der Waals surface area contributed by atoms with Crippen LogP contribution in [0.5, 0.6) is 5.75 Å². The van der Waals surface area contributed by atoms with Crippen molar-refractivity contribution in [3.63, 3.8) is 0 Å². The minimum atomic E-state index is -5.82. The smallest absolute Gasteiger partial charge is 0.426 e. The normalized spacial score (nSPS) is 16.1. The molecular formula is C15H16BrF5N4O3. The summed E-state index contributed by atoms with van der Waals surface area (Å²) in [6, 6.07) is 4.33. The molecule has 2 rings (SSSR count). The molecule has 28 heavy (non-hydrogen) atoms.